The van der Waals surface area contributed by atoms with Gasteiger partial charge < -0.3 is 49.6 Å². The van der Waals surface area contributed by atoms with E-state index < -0.39 is 0 Å². The van der Waals surface area contributed by atoms with E-state index >= 15 is 0 Å². The van der Waals surface area contributed by atoms with Crippen molar-refractivity contribution in [1.82, 2.24) is 50.0 Å². The highest BCUT2D eigenvalue weighted by atomic mass is 16.6. The van der Waals surface area contributed by atoms with Crippen molar-refractivity contribution in [2.24, 2.45) is 0 Å². The highest BCUT2D eigenvalue weighted by molar-refractivity contribution is 5.99. The van der Waals surface area contributed by atoms with Gasteiger partial charge in [0.1, 0.15) is 29.2 Å². The number of H-pyrrole nitrogens is 1. The lowest BCUT2D eigenvalue weighted by molar-refractivity contribution is -0.122. The molecule has 0 unspecified atom stereocenters. The van der Waals surface area contributed by atoms with Crippen LogP contribution in [0.3, 0.4) is 0 Å². The molecule has 0 spiro atoms. The maximum absolute atomic E-state index is 12.2. The third kappa shape index (κ3) is 13.1. The fourth-order valence-corrected chi connectivity index (χ4v) is 5.21. The summed E-state index contributed by atoms with van der Waals surface area (Å²) in [6.45, 7) is 6.96. The quantitative estimate of drug-likeness (QED) is 0.0527. The van der Waals surface area contributed by atoms with Crippen molar-refractivity contribution in [3.8, 4) is 11.3 Å². The number of ether oxygens (including phenoxy) is 6. The molecule has 5 rings (SSSR count). The molecule has 288 valence electrons. The average Bonchev–Trinajstić information content (AvgIpc) is 3.93. The van der Waals surface area contributed by atoms with Crippen LogP contribution in [0.2, 0.25) is 0 Å². The van der Waals surface area contributed by atoms with Crippen molar-refractivity contribution in [2.45, 2.75) is 39.0 Å². The van der Waals surface area contributed by atoms with E-state index in [1.807, 2.05) is 23.0 Å². The number of aryl methyl sites for hydroxylation is 1. The Labute approximate surface area is 306 Å². The first kappa shape index (κ1) is 39.6. The number of anilines is 1. The first-order chi connectivity index (χ1) is 26.1. The van der Waals surface area contributed by atoms with Gasteiger partial charge in [-0.25, -0.2) is 24.3 Å². The highest BCUT2D eigenvalue weighted by Crippen LogP contribution is 2.31. The molecular weight excluding hydrogens is 690 g/mol. The normalized spacial score (nSPS) is 11.6. The molecule has 0 aliphatic heterocycles. The Morgan fingerprint density at radius 3 is 2.21 bits per heavy atom. The van der Waals surface area contributed by atoms with Crippen molar-refractivity contribution in [1.29, 1.82) is 0 Å². The third-order valence-electron chi connectivity index (χ3n) is 7.90. The maximum Gasteiger partial charge on any atom is 0.222 e. The Hall–Kier alpha value is -4.63. The van der Waals surface area contributed by atoms with Crippen molar-refractivity contribution in [3.05, 3.63) is 42.7 Å². The molecule has 0 atom stereocenters. The van der Waals surface area contributed by atoms with E-state index in [1.165, 1.54) is 6.33 Å². The predicted octanol–water partition coefficient (Wildman–Crippen LogP) is 1.12. The van der Waals surface area contributed by atoms with Gasteiger partial charge in [0.05, 0.1) is 104 Å². The molecule has 0 saturated heterocycles. The third-order valence-corrected chi connectivity index (χ3v) is 7.90. The minimum atomic E-state index is -0.125. The van der Waals surface area contributed by atoms with Crippen LogP contribution in [0.15, 0.2) is 37.1 Å². The summed E-state index contributed by atoms with van der Waals surface area (Å²) >= 11 is 0. The van der Waals surface area contributed by atoms with Crippen LogP contribution in [0, 0.1) is 0 Å². The number of hydrogen-bond donors (Lipinski definition) is 4. The predicted molar refractivity (Wildman–Crippen MR) is 193 cm³/mol. The van der Waals surface area contributed by atoms with Gasteiger partial charge in [0.15, 0.2) is 5.65 Å². The Morgan fingerprint density at radius 2 is 1.53 bits per heavy atom. The van der Waals surface area contributed by atoms with Crippen molar-refractivity contribution in [2.75, 3.05) is 91.6 Å². The summed E-state index contributed by atoms with van der Waals surface area (Å²) in [5.41, 5.74) is 9.76. The Balaban J connectivity index is 0.794. The van der Waals surface area contributed by atoms with Crippen LogP contribution in [0.1, 0.15) is 25.0 Å². The van der Waals surface area contributed by atoms with Gasteiger partial charge in [-0.1, -0.05) is 5.21 Å². The first-order valence-corrected chi connectivity index (χ1v) is 17.8. The molecule has 5 aromatic rings. The van der Waals surface area contributed by atoms with E-state index in [9.17, 15) is 4.79 Å². The van der Waals surface area contributed by atoms with Crippen molar-refractivity contribution >= 4 is 33.8 Å². The second kappa shape index (κ2) is 22.4. The largest absolute Gasteiger partial charge is 0.390 e. The molecule has 0 aliphatic rings. The van der Waals surface area contributed by atoms with Gasteiger partial charge in [0, 0.05) is 42.9 Å². The summed E-state index contributed by atoms with van der Waals surface area (Å²) in [5.74, 6) is 0.310. The summed E-state index contributed by atoms with van der Waals surface area (Å²) in [6.07, 6.45) is 8.57. The number of carbonyl (C=O) groups excluding carboxylic acids is 1. The molecule has 5 heterocycles. The van der Waals surface area contributed by atoms with Gasteiger partial charge in [-0.15, -0.1) is 5.10 Å². The zero-order valence-corrected chi connectivity index (χ0v) is 29.9. The van der Waals surface area contributed by atoms with Crippen molar-refractivity contribution < 1.29 is 38.3 Å². The Morgan fingerprint density at radius 1 is 0.849 bits per heavy atom. The first-order valence-electron chi connectivity index (χ1n) is 17.8. The number of aliphatic hydroxyl groups excluding tert-OH is 1. The van der Waals surface area contributed by atoms with Gasteiger partial charge in [-0.3, -0.25) is 4.79 Å². The van der Waals surface area contributed by atoms with Gasteiger partial charge in [0.2, 0.25) is 5.91 Å². The van der Waals surface area contributed by atoms with Gasteiger partial charge in [-0.05, 0) is 25.0 Å². The summed E-state index contributed by atoms with van der Waals surface area (Å²) in [7, 11) is 0. The Kier molecular flexibility index (Phi) is 16.8. The molecule has 0 bridgehead atoms. The van der Waals surface area contributed by atoms with Crippen LogP contribution in [0.25, 0.3) is 33.3 Å². The van der Waals surface area contributed by atoms with Crippen molar-refractivity contribution in [3.63, 3.8) is 0 Å². The topological polar surface area (TPSA) is 234 Å². The van der Waals surface area contributed by atoms with E-state index in [4.69, 9.17) is 44.4 Å². The second-order valence-corrected chi connectivity index (χ2v) is 11.8. The average molecular weight is 740 g/mol. The van der Waals surface area contributed by atoms with Crippen LogP contribution in [0.5, 0.6) is 0 Å². The molecule has 5 N–H and O–H groups in total. The fraction of sp³-hybridized carbons (Fsp3) is 0.559. The van der Waals surface area contributed by atoms with E-state index in [2.05, 4.69) is 35.6 Å². The minimum absolute atomic E-state index is 0.0588. The lowest BCUT2D eigenvalue weighted by Gasteiger charge is -2.08. The Bertz CT molecular complexity index is 1800. The molecule has 5 aromatic heterocycles. The van der Waals surface area contributed by atoms with Crippen LogP contribution >= 0.6 is 0 Å². The molecule has 19 nitrogen and oxygen atoms in total. The molecule has 0 aromatic carbocycles. The van der Waals surface area contributed by atoms with Gasteiger partial charge in [0.25, 0.3) is 0 Å². The standard InChI is InChI=1S/C34H49N11O8/c35-32-30-31(27-21-26-3-6-37-33(26)38-22-27)42-45(34(30)40-25-39-32)7-2-1-5-36-29(47)4-9-48-11-13-50-15-17-52-19-20-53-18-16-51-14-12-49-10-8-44-23-28(24-46)41-43-44/h3,6,21-23,25,46H,1-2,4-5,7-20,24H2,(H,36,47)(H,37,38)(H2,35,39,40). The minimum Gasteiger partial charge on any atom is -0.390 e. The van der Waals surface area contributed by atoms with Crippen LogP contribution in [-0.4, -0.2) is 142 Å². The monoisotopic (exact) mass is 739 g/mol. The summed E-state index contributed by atoms with van der Waals surface area (Å²) in [6, 6.07) is 3.97. The van der Waals surface area contributed by atoms with Gasteiger partial charge in [-0.2, -0.15) is 5.10 Å². The summed E-state index contributed by atoms with van der Waals surface area (Å²) < 4.78 is 36.4. The number of hydrogen-bond acceptors (Lipinski definition) is 15. The number of nitrogens with zero attached hydrogens (tertiary/aromatic N) is 8. The number of unbranched alkanes of at least 4 members (excludes halogenated alkanes) is 1. The number of aromatic amines is 1. The lowest BCUT2D eigenvalue weighted by Crippen LogP contribution is -2.26. The number of nitrogens with two attached hydrogens (primary N) is 1. The van der Waals surface area contributed by atoms with E-state index in [-0.39, 0.29) is 18.9 Å². The van der Waals surface area contributed by atoms with E-state index in [0.717, 1.165) is 29.4 Å². The maximum atomic E-state index is 12.2. The zero-order valence-electron chi connectivity index (χ0n) is 29.9. The molecule has 1 amide bonds. The number of aliphatic hydroxyl groups is 1. The molecule has 0 saturated carbocycles. The zero-order chi connectivity index (χ0) is 36.9. The fourth-order valence-electron chi connectivity index (χ4n) is 5.21. The lowest BCUT2D eigenvalue weighted by atomic mass is 10.1. The number of amides is 1. The van der Waals surface area contributed by atoms with Crippen LogP contribution in [0.4, 0.5) is 5.82 Å². The molecule has 0 aliphatic carbocycles. The molecule has 19 heteroatoms. The van der Waals surface area contributed by atoms with Crippen LogP contribution in [-0.2, 0) is 52.9 Å². The van der Waals surface area contributed by atoms with E-state index in [0.29, 0.717) is 127 Å². The molecular formula is C34H49N11O8. The number of nitrogen functional groups attached to an aromatic ring is 1. The van der Waals surface area contributed by atoms with Crippen LogP contribution < -0.4 is 11.1 Å². The number of nitrogens with one attached hydrogen (secondary N) is 2. The summed E-state index contributed by atoms with van der Waals surface area (Å²) in [5, 5.41) is 26.1. The van der Waals surface area contributed by atoms with E-state index in [1.54, 1.807) is 17.1 Å². The van der Waals surface area contributed by atoms with Gasteiger partial charge >= 0.3 is 0 Å². The summed E-state index contributed by atoms with van der Waals surface area (Å²) in [4.78, 5) is 28.4. The number of carbonyl (C=O) groups is 1. The highest BCUT2D eigenvalue weighted by Gasteiger charge is 2.18. The molecule has 0 fully saturated rings. The number of pyridine rings is 1. The smallest absolute Gasteiger partial charge is 0.222 e. The number of rotatable bonds is 28. The number of aromatic nitrogens is 9. The number of fused-ring (bicyclic) bond motifs is 2. The second-order valence-electron chi connectivity index (χ2n) is 11.8. The molecule has 53 heavy (non-hydrogen) atoms. The molecule has 0 radical (unpaired) electrons. The SMILES string of the molecule is Nc1ncnc2c1c(-c1cnc3[nH]ccc3c1)nn2CCCCNC(=O)CCOCCOCCOCCOCCOCCOCCn1cc(CO)nn1.